The Balaban J connectivity index is 3.26. The van der Waals surface area contributed by atoms with Gasteiger partial charge in [0.05, 0.1) is 15.6 Å². The first kappa shape index (κ1) is 11.3. The standard InChI is InChI=1S/C8H4Cl2F3N/c1-4(8(11,12)13)7-5(9)2-14-3-6(7)10/h2-3H,1H2. The lowest BCUT2D eigenvalue weighted by atomic mass is 10.1. The summed E-state index contributed by atoms with van der Waals surface area (Å²) in [5.74, 6) is 0. The lowest BCUT2D eigenvalue weighted by Gasteiger charge is -2.12. The summed E-state index contributed by atoms with van der Waals surface area (Å²) >= 11 is 11.0. The number of rotatable bonds is 1. The minimum atomic E-state index is -4.55. The van der Waals surface area contributed by atoms with Crippen LogP contribution in [0.25, 0.3) is 5.57 Å². The Hall–Kier alpha value is -0.740. The zero-order chi connectivity index (χ0) is 10.9. The molecule has 0 fully saturated rings. The number of pyridine rings is 1. The highest BCUT2D eigenvalue weighted by molar-refractivity contribution is 6.37. The lowest BCUT2D eigenvalue weighted by Crippen LogP contribution is -2.10. The first-order valence-electron chi connectivity index (χ1n) is 3.39. The number of hydrogen-bond donors (Lipinski definition) is 0. The molecule has 0 N–H and O–H groups in total. The Labute approximate surface area is 88.2 Å². The van der Waals surface area contributed by atoms with Crippen molar-refractivity contribution in [3.8, 4) is 0 Å². The zero-order valence-corrected chi connectivity index (χ0v) is 8.21. The normalized spacial score (nSPS) is 11.5. The topological polar surface area (TPSA) is 12.9 Å². The van der Waals surface area contributed by atoms with Crippen LogP contribution in [-0.2, 0) is 0 Å². The summed E-state index contributed by atoms with van der Waals surface area (Å²) in [6.07, 6.45) is -2.38. The second-order valence-electron chi connectivity index (χ2n) is 2.45. The van der Waals surface area contributed by atoms with Crippen molar-refractivity contribution >= 4 is 28.8 Å². The van der Waals surface area contributed by atoms with Crippen LogP contribution in [0.4, 0.5) is 13.2 Å². The Morgan fingerprint density at radius 3 is 2.00 bits per heavy atom. The highest BCUT2D eigenvalue weighted by Crippen LogP contribution is 2.38. The van der Waals surface area contributed by atoms with E-state index < -0.39 is 11.7 Å². The van der Waals surface area contributed by atoms with E-state index in [9.17, 15) is 13.2 Å². The summed E-state index contributed by atoms with van der Waals surface area (Å²) < 4.78 is 36.8. The van der Waals surface area contributed by atoms with Crippen LogP contribution in [0.15, 0.2) is 19.0 Å². The highest BCUT2D eigenvalue weighted by atomic mass is 35.5. The minimum absolute atomic E-state index is 0.167. The molecule has 1 rings (SSSR count). The lowest BCUT2D eigenvalue weighted by molar-refractivity contribution is -0.0686. The van der Waals surface area contributed by atoms with Gasteiger partial charge in [-0.2, -0.15) is 13.2 Å². The summed E-state index contributed by atoms with van der Waals surface area (Å²) in [6.45, 7) is 2.90. The van der Waals surface area contributed by atoms with E-state index in [0.717, 1.165) is 12.4 Å². The second-order valence-corrected chi connectivity index (χ2v) is 3.27. The maximum atomic E-state index is 12.3. The largest absolute Gasteiger partial charge is 0.416 e. The van der Waals surface area contributed by atoms with Gasteiger partial charge in [0.25, 0.3) is 0 Å². The fraction of sp³-hybridized carbons (Fsp3) is 0.125. The second kappa shape index (κ2) is 3.79. The molecule has 0 unspecified atom stereocenters. The van der Waals surface area contributed by atoms with Gasteiger partial charge in [0.2, 0.25) is 0 Å². The van der Waals surface area contributed by atoms with Crippen molar-refractivity contribution in [2.24, 2.45) is 0 Å². The first-order valence-corrected chi connectivity index (χ1v) is 4.15. The van der Waals surface area contributed by atoms with E-state index in [1.54, 1.807) is 0 Å². The van der Waals surface area contributed by atoms with Gasteiger partial charge in [-0.1, -0.05) is 29.8 Å². The van der Waals surface area contributed by atoms with Gasteiger partial charge in [-0.3, -0.25) is 4.98 Å². The van der Waals surface area contributed by atoms with Gasteiger partial charge < -0.3 is 0 Å². The average Bonchev–Trinajstić information content (AvgIpc) is 2.01. The van der Waals surface area contributed by atoms with Crippen LogP contribution in [0.1, 0.15) is 5.56 Å². The van der Waals surface area contributed by atoms with E-state index >= 15 is 0 Å². The number of nitrogens with zero attached hydrogens (tertiary/aromatic N) is 1. The maximum Gasteiger partial charge on any atom is 0.416 e. The number of alkyl halides is 3. The summed E-state index contributed by atoms with van der Waals surface area (Å²) in [5.41, 5.74) is -1.40. The molecule has 6 heteroatoms. The number of hydrogen-bond acceptors (Lipinski definition) is 1. The first-order chi connectivity index (χ1) is 6.34. The van der Waals surface area contributed by atoms with Crippen LogP contribution in [-0.4, -0.2) is 11.2 Å². The van der Waals surface area contributed by atoms with E-state index in [1.165, 1.54) is 0 Å². The molecular formula is C8H4Cl2F3N. The van der Waals surface area contributed by atoms with Gasteiger partial charge in [0, 0.05) is 18.0 Å². The molecule has 0 aromatic carbocycles. The van der Waals surface area contributed by atoms with Crippen molar-refractivity contribution in [3.63, 3.8) is 0 Å². The zero-order valence-electron chi connectivity index (χ0n) is 6.70. The Bertz CT molecular complexity index is 353. The molecule has 0 atom stereocenters. The minimum Gasteiger partial charge on any atom is -0.262 e. The smallest absolute Gasteiger partial charge is 0.262 e. The molecule has 1 aromatic heterocycles. The van der Waals surface area contributed by atoms with Gasteiger partial charge >= 0.3 is 6.18 Å². The Morgan fingerprint density at radius 2 is 1.64 bits per heavy atom. The monoisotopic (exact) mass is 241 g/mol. The van der Waals surface area contributed by atoms with E-state index in [0.29, 0.717) is 0 Å². The van der Waals surface area contributed by atoms with Crippen LogP contribution in [0, 0.1) is 0 Å². The van der Waals surface area contributed by atoms with Crippen molar-refractivity contribution < 1.29 is 13.2 Å². The van der Waals surface area contributed by atoms with Crippen molar-refractivity contribution in [1.29, 1.82) is 0 Å². The van der Waals surface area contributed by atoms with Crippen LogP contribution < -0.4 is 0 Å². The van der Waals surface area contributed by atoms with E-state index in [1.807, 2.05) is 0 Å². The quantitative estimate of drug-likeness (QED) is 0.726. The molecular weight excluding hydrogens is 238 g/mol. The van der Waals surface area contributed by atoms with Crippen molar-refractivity contribution in [2.75, 3.05) is 0 Å². The highest BCUT2D eigenvalue weighted by Gasteiger charge is 2.35. The summed E-state index contributed by atoms with van der Waals surface area (Å²) in [6, 6.07) is 0. The van der Waals surface area contributed by atoms with Gasteiger partial charge in [0.1, 0.15) is 0 Å². The van der Waals surface area contributed by atoms with Gasteiger partial charge in [-0.05, 0) is 0 Å². The van der Waals surface area contributed by atoms with Crippen molar-refractivity contribution in [2.45, 2.75) is 6.18 Å². The molecule has 0 aliphatic rings. The number of allylic oxidation sites excluding steroid dienone is 1. The molecule has 0 saturated carbocycles. The van der Waals surface area contributed by atoms with E-state index in [4.69, 9.17) is 23.2 Å². The molecule has 0 aliphatic carbocycles. The van der Waals surface area contributed by atoms with Crippen LogP contribution >= 0.6 is 23.2 Å². The third kappa shape index (κ3) is 2.19. The van der Waals surface area contributed by atoms with E-state index in [2.05, 4.69) is 11.6 Å². The number of halogens is 5. The van der Waals surface area contributed by atoms with Crippen LogP contribution in [0.5, 0.6) is 0 Å². The third-order valence-corrected chi connectivity index (χ3v) is 2.07. The third-order valence-electron chi connectivity index (χ3n) is 1.50. The average molecular weight is 242 g/mol. The predicted molar refractivity (Wildman–Crippen MR) is 49.3 cm³/mol. The van der Waals surface area contributed by atoms with Gasteiger partial charge in [-0.15, -0.1) is 0 Å². The molecule has 76 valence electrons. The molecule has 1 heterocycles. The SMILES string of the molecule is C=C(c1c(Cl)cncc1Cl)C(F)(F)F. The molecule has 0 saturated heterocycles. The Kier molecular flexibility index (Phi) is 3.07. The summed E-state index contributed by atoms with van der Waals surface area (Å²) in [7, 11) is 0. The predicted octanol–water partition coefficient (Wildman–Crippen LogP) is 3.96. The molecule has 0 spiro atoms. The van der Waals surface area contributed by atoms with Crippen molar-refractivity contribution in [1.82, 2.24) is 4.98 Å². The molecule has 1 aromatic rings. The molecule has 1 nitrogen and oxygen atoms in total. The number of aromatic nitrogens is 1. The molecule has 14 heavy (non-hydrogen) atoms. The van der Waals surface area contributed by atoms with Crippen LogP contribution in [0.3, 0.4) is 0 Å². The summed E-state index contributed by atoms with van der Waals surface area (Å²) in [5, 5.41) is -0.334. The van der Waals surface area contributed by atoms with Crippen molar-refractivity contribution in [3.05, 3.63) is 34.6 Å². The van der Waals surface area contributed by atoms with Gasteiger partial charge in [-0.25, -0.2) is 0 Å². The molecule has 0 bridgehead atoms. The summed E-state index contributed by atoms with van der Waals surface area (Å²) in [4.78, 5) is 3.54. The maximum absolute atomic E-state index is 12.3. The fourth-order valence-electron chi connectivity index (χ4n) is 0.841. The molecule has 0 amide bonds. The molecule has 0 radical (unpaired) electrons. The van der Waals surface area contributed by atoms with Crippen LogP contribution in [0.2, 0.25) is 10.0 Å². The Morgan fingerprint density at radius 1 is 1.21 bits per heavy atom. The molecule has 0 aliphatic heterocycles. The van der Waals surface area contributed by atoms with E-state index in [-0.39, 0.29) is 15.6 Å². The fourth-order valence-corrected chi connectivity index (χ4v) is 1.43. The van der Waals surface area contributed by atoms with Gasteiger partial charge in [0.15, 0.2) is 0 Å².